The number of rotatable bonds is 6. The number of aromatic nitrogens is 3. The minimum absolute atomic E-state index is 0.207. The molecule has 1 aliphatic carbocycles. The van der Waals surface area contributed by atoms with E-state index in [0.29, 0.717) is 11.5 Å². The van der Waals surface area contributed by atoms with Crippen LogP contribution in [0.5, 0.6) is 0 Å². The van der Waals surface area contributed by atoms with Crippen molar-refractivity contribution in [3.63, 3.8) is 0 Å². The number of nitrogens with one attached hydrogen (secondary N) is 1. The normalized spacial score (nSPS) is 19.6. The number of fused-ring (bicyclic) bond motifs is 1. The van der Waals surface area contributed by atoms with Gasteiger partial charge in [0.15, 0.2) is 11.6 Å². The third-order valence-corrected chi connectivity index (χ3v) is 5.68. The first-order valence-electron chi connectivity index (χ1n) is 10.3. The van der Waals surface area contributed by atoms with Crippen molar-refractivity contribution >= 4 is 17.0 Å². The van der Waals surface area contributed by atoms with Crippen LogP contribution in [0.4, 0.5) is 14.7 Å². The summed E-state index contributed by atoms with van der Waals surface area (Å²) in [6, 6.07) is 4.15. The Bertz CT molecular complexity index is 996. The molecular formula is C22H26F2N4O. The van der Waals surface area contributed by atoms with Crippen LogP contribution in [0.1, 0.15) is 51.5 Å². The number of hydrogen-bond acceptors (Lipinski definition) is 4. The maximum Gasteiger partial charge on any atom is 0.224 e. The standard InChI is InChI=1S/C22H26F2N4O/c1-2-3-10-25-22-26-12-17-18(14-4-9-19(23)20(24)11-14)13-28(21(17)27-22)15-5-7-16(29)8-6-15/h4,9,11-13,15-16,29H,2-3,5-8,10H2,1H3,(H,25,26,27)/t15-,16-. The van der Waals surface area contributed by atoms with Crippen molar-refractivity contribution in [2.45, 2.75) is 57.6 Å². The molecule has 1 saturated carbocycles. The summed E-state index contributed by atoms with van der Waals surface area (Å²) in [6.45, 7) is 2.93. The minimum atomic E-state index is -0.872. The quantitative estimate of drug-likeness (QED) is 0.568. The van der Waals surface area contributed by atoms with Gasteiger partial charge < -0.3 is 15.0 Å². The molecule has 0 amide bonds. The fourth-order valence-electron chi connectivity index (χ4n) is 4.00. The Morgan fingerprint density at radius 3 is 2.69 bits per heavy atom. The van der Waals surface area contributed by atoms with Gasteiger partial charge in [0.25, 0.3) is 0 Å². The topological polar surface area (TPSA) is 63.0 Å². The van der Waals surface area contributed by atoms with E-state index in [1.54, 1.807) is 12.3 Å². The lowest BCUT2D eigenvalue weighted by molar-refractivity contribution is 0.111. The number of aliphatic hydroxyl groups excluding tert-OH is 1. The molecule has 0 radical (unpaired) electrons. The molecule has 2 aromatic heterocycles. The summed E-state index contributed by atoms with van der Waals surface area (Å²) in [5.74, 6) is -1.17. The summed E-state index contributed by atoms with van der Waals surface area (Å²) < 4.78 is 29.4. The maximum absolute atomic E-state index is 13.9. The van der Waals surface area contributed by atoms with E-state index >= 15 is 0 Å². The highest BCUT2D eigenvalue weighted by atomic mass is 19.2. The summed E-state index contributed by atoms with van der Waals surface area (Å²) in [4.78, 5) is 9.17. The molecule has 0 aliphatic heterocycles. The molecule has 29 heavy (non-hydrogen) atoms. The van der Waals surface area contributed by atoms with Gasteiger partial charge in [0.2, 0.25) is 5.95 Å². The summed E-state index contributed by atoms with van der Waals surface area (Å²) in [7, 11) is 0. The monoisotopic (exact) mass is 400 g/mol. The van der Waals surface area contributed by atoms with E-state index in [1.165, 1.54) is 6.07 Å². The molecule has 0 spiro atoms. The van der Waals surface area contributed by atoms with E-state index in [2.05, 4.69) is 21.8 Å². The van der Waals surface area contributed by atoms with Gasteiger partial charge in [-0.15, -0.1) is 0 Å². The molecule has 5 nitrogen and oxygen atoms in total. The summed E-state index contributed by atoms with van der Waals surface area (Å²) in [5, 5.41) is 13.9. The lowest BCUT2D eigenvalue weighted by atomic mass is 9.93. The van der Waals surface area contributed by atoms with Crippen LogP contribution in [0.15, 0.2) is 30.6 Å². The van der Waals surface area contributed by atoms with E-state index in [0.717, 1.165) is 67.7 Å². The number of halogens is 2. The predicted octanol–water partition coefficient (Wildman–Crippen LogP) is 5.06. The number of anilines is 1. The molecule has 1 aromatic carbocycles. The molecule has 0 bridgehead atoms. The van der Waals surface area contributed by atoms with E-state index in [9.17, 15) is 13.9 Å². The Kier molecular flexibility index (Phi) is 5.76. The third-order valence-electron chi connectivity index (χ3n) is 5.68. The molecular weight excluding hydrogens is 374 g/mol. The van der Waals surface area contributed by atoms with Gasteiger partial charge in [-0.1, -0.05) is 19.4 Å². The van der Waals surface area contributed by atoms with E-state index < -0.39 is 11.6 Å². The van der Waals surface area contributed by atoms with Crippen LogP contribution in [0.2, 0.25) is 0 Å². The molecule has 3 aromatic rings. The fraction of sp³-hybridized carbons (Fsp3) is 0.455. The first-order valence-corrected chi connectivity index (χ1v) is 10.3. The average molecular weight is 400 g/mol. The van der Waals surface area contributed by atoms with Crippen molar-refractivity contribution < 1.29 is 13.9 Å². The minimum Gasteiger partial charge on any atom is -0.393 e. The van der Waals surface area contributed by atoms with Crippen molar-refractivity contribution in [3.8, 4) is 11.1 Å². The van der Waals surface area contributed by atoms with Gasteiger partial charge in [-0.3, -0.25) is 0 Å². The highest BCUT2D eigenvalue weighted by Crippen LogP contribution is 2.37. The number of nitrogens with zero attached hydrogens (tertiary/aromatic N) is 3. The second-order valence-electron chi connectivity index (χ2n) is 7.75. The number of benzene rings is 1. The van der Waals surface area contributed by atoms with Crippen molar-refractivity contribution in [3.05, 3.63) is 42.2 Å². The highest BCUT2D eigenvalue weighted by Gasteiger charge is 2.24. The Labute approximate surface area is 168 Å². The molecule has 0 unspecified atom stereocenters. The van der Waals surface area contributed by atoms with Crippen LogP contribution in [0.3, 0.4) is 0 Å². The predicted molar refractivity (Wildman–Crippen MR) is 110 cm³/mol. The van der Waals surface area contributed by atoms with Gasteiger partial charge in [0, 0.05) is 35.9 Å². The van der Waals surface area contributed by atoms with Gasteiger partial charge >= 0.3 is 0 Å². The maximum atomic E-state index is 13.9. The lowest BCUT2D eigenvalue weighted by Gasteiger charge is -2.27. The van der Waals surface area contributed by atoms with Crippen LogP contribution in [0, 0.1) is 11.6 Å². The van der Waals surface area contributed by atoms with E-state index in [4.69, 9.17) is 4.98 Å². The highest BCUT2D eigenvalue weighted by molar-refractivity contribution is 5.94. The molecule has 1 aliphatic rings. The summed E-state index contributed by atoms with van der Waals surface area (Å²) in [6.07, 6.45) is 8.77. The Morgan fingerprint density at radius 1 is 1.17 bits per heavy atom. The number of hydrogen-bond donors (Lipinski definition) is 2. The Morgan fingerprint density at radius 2 is 1.97 bits per heavy atom. The Balaban J connectivity index is 1.78. The largest absolute Gasteiger partial charge is 0.393 e. The third kappa shape index (κ3) is 4.10. The number of unbranched alkanes of at least 4 members (excludes halogenated alkanes) is 1. The van der Waals surface area contributed by atoms with E-state index in [1.807, 2.05) is 6.20 Å². The summed E-state index contributed by atoms with van der Waals surface area (Å²) >= 11 is 0. The SMILES string of the molecule is CCCCNc1ncc2c(-c3ccc(F)c(F)c3)cn([C@H]3CC[C@H](O)CC3)c2n1. The van der Waals surface area contributed by atoms with E-state index in [-0.39, 0.29) is 12.1 Å². The molecule has 0 atom stereocenters. The molecule has 2 heterocycles. The van der Waals surface area contributed by atoms with Crippen LogP contribution in [-0.4, -0.2) is 32.3 Å². The smallest absolute Gasteiger partial charge is 0.224 e. The van der Waals surface area contributed by atoms with Gasteiger partial charge in [-0.2, -0.15) is 4.98 Å². The van der Waals surface area contributed by atoms with Gasteiger partial charge in [0.05, 0.1) is 6.10 Å². The summed E-state index contributed by atoms with van der Waals surface area (Å²) in [5.41, 5.74) is 2.16. The molecule has 4 rings (SSSR count). The Hall–Kier alpha value is -2.54. The van der Waals surface area contributed by atoms with Crippen molar-refractivity contribution in [1.82, 2.24) is 14.5 Å². The molecule has 7 heteroatoms. The van der Waals surface area contributed by atoms with Gasteiger partial charge in [-0.05, 0) is 49.8 Å². The molecule has 1 fully saturated rings. The van der Waals surface area contributed by atoms with Crippen molar-refractivity contribution in [2.75, 3.05) is 11.9 Å². The van der Waals surface area contributed by atoms with Crippen LogP contribution < -0.4 is 5.32 Å². The zero-order chi connectivity index (χ0) is 20.4. The van der Waals surface area contributed by atoms with Gasteiger partial charge in [-0.25, -0.2) is 13.8 Å². The molecule has 2 N–H and O–H groups in total. The van der Waals surface area contributed by atoms with Crippen molar-refractivity contribution in [1.29, 1.82) is 0 Å². The number of aliphatic hydroxyl groups is 1. The zero-order valence-corrected chi connectivity index (χ0v) is 16.5. The fourth-order valence-corrected chi connectivity index (χ4v) is 4.00. The first kappa shape index (κ1) is 19.8. The van der Waals surface area contributed by atoms with Crippen molar-refractivity contribution in [2.24, 2.45) is 0 Å². The second-order valence-corrected chi connectivity index (χ2v) is 7.75. The zero-order valence-electron chi connectivity index (χ0n) is 16.5. The van der Waals surface area contributed by atoms with Crippen LogP contribution in [-0.2, 0) is 0 Å². The van der Waals surface area contributed by atoms with Crippen LogP contribution in [0.25, 0.3) is 22.2 Å². The van der Waals surface area contributed by atoms with Crippen LogP contribution >= 0.6 is 0 Å². The molecule has 154 valence electrons. The lowest BCUT2D eigenvalue weighted by Crippen LogP contribution is -2.21. The average Bonchev–Trinajstić information content (AvgIpc) is 3.10. The molecule has 0 saturated heterocycles. The van der Waals surface area contributed by atoms with Gasteiger partial charge in [0.1, 0.15) is 5.65 Å². The second kappa shape index (κ2) is 8.45. The first-order chi connectivity index (χ1) is 14.1.